The quantitative estimate of drug-likeness (QED) is 0.640. The van der Waals surface area contributed by atoms with Crippen molar-refractivity contribution >= 4 is 11.8 Å². The minimum absolute atomic E-state index is 0.266. The lowest BCUT2D eigenvalue weighted by molar-refractivity contribution is 0.0529. The summed E-state index contributed by atoms with van der Waals surface area (Å²) in [6, 6.07) is 4.61. The standard InChI is InChI=1S/C17H29N5O/c1-5-13(2)21-17(18-4)20-11-15-6-7-16(19-10-15)22-8-9-23-14(3)12-22/h6-7,10,13-14H,5,8-9,11-12H2,1-4H3,(H2,18,20,21). The lowest BCUT2D eigenvalue weighted by Crippen LogP contribution is -2.42. The number of nitrogens with one attached hydrogen (secondary N) is 2. The molecule has 2 N–H and O–H groups in total. The number of hydrogen-bond acceptors (Lipinski definition) is 4. The minimum Gasteiger partial charge on any atom is -0.375 e. The highest BCUT2D eigenvalue weighted by Crippen LogP contribution is 2.15. The Labute approximate surface area is 139 Å². The zero-order chi connectivity index (χ0) is 16.7. The van der Waals surface area contributed by atoms with Crippen molar-refractivity contribution in [3.63, 3.8) is 0 Å². The van der Waals surface area contributed by atoms with Gasteiger partial charge in [-0.15, -0.1) is 0 Å². The molecule has 1 fully saturated rings. The Balaban J connectivity index is 1.87. The van der Waals surface area contributed by atoms with E-state index in [1.54, 1.807) is 7.05 Å². The summed E-state index contributed by atoms with van der Waals surface area (Å²) < 4.78 is 5.57. The van der Waals surface area contributed by atoms with E-state index in [1.807, 2.05) is 6.20 Å². The normalized spacial score (nSPS) is 20.3. The average Bonchev–Trinajstić information content (AvgIpc) is 2.58. The Morgan fingerprint density at radius 1 is 1.52 bits per heavy atom. The molecule has 0 radical (unpaired) electrons. The van der Waals surface area contributed by atoms with Crippen LogP contribution in [0.25, 0.3) is 0 Å². The zero-order valence-corrected chi connectivity index (χ0v) is 14.7. The third-order valence-corrected chi connectivity index (χ3v) is 4.05. The van der Waals surface area contributed by atoms with Crippen molar-refractivity contribution in [2.75, 3.05) is 31.6 Å². The maximum atomic E-state index is 5.57. The Kier molecular flexibility index (Phi) is 6.65. The average molecular weight is 319 g/mol. The van der Waals surface area contributed by atoms with Crippen LogP contribution in [0.15, 0.2) is 23.3 Å². The fourth-order valence-electron chi connectivity index (χ4n) is 2.45. The summed E-state index contributed by atoms with van der Waals surface area (Å²) in [6.07, 6.45) is 3.26. The van der Waals surface area contributed by atoms with Crippen LogP contribution in [-0.4, -0.2) is 49.8 Å². The van der Waals surface area contributed by atoms with Gasteiger partial charge in [-0.25, -0.2) is 4.98 Å². The van der Waals surface area contributed by atoms with Gasteiger partial charge < -0.3 is 20.3 Å². The molecule has 23 heavy (non-hydrogen) atoms. The third-order valence-electron chi connectivity index (χ3n) is 4.05. The predicted molar refractivity (Wildman–Crippen MR) is 95.0 cm³/mol. The first kappa shape index (κ1) is 17.5. The number of ether oxygens (including phenoxy) is 1. The van der Waals surface area contributed by atoms with Crippen LogP contribution in [0.4, 0.5) is 5.82 Å². The van der Waals surface area contributed by atoms with Crippen molar-refractivity contribution in [3.8, 4) is 0 Å². The van der Waals surface area contributed by atoms with Crippen LogP contribution in [0.1, 0.15) is 32.8 Å². The summed E-state index contributed by atoms with van der Waals surface area (Å²) in [4.78, 5) is 11.1. The summed E-state index contributed by atoms with van der Waals surface area (Å²) in [5.74, 6) is 1.84. The molecule has 0 aromatic carbocycles. The molecule has 2 heterocycles. The Hall–Kier alpha value is -1.82. The molecular weight excluding hydrogens is 290 g/mol. The predicted octanol–water partition coefficient (Wildman–Crippen LogP) is 1.77. The topological polar surface area (TPSA) is 61.8 Å². The molecule has 0 bridgehead atoms. The van der Waals surface area contributed by atoms with Gasteiger partial charge in [0, 0.05) is 38.9 Å². The monoisotopic (exact) mass is 319 g/mol. The Bertz CT molecular complexity index is 502. The van der Waals surface area contributed by atoms with E-state index >= 15 is 0 Å². The smallest absolute Gasteiger partial charge is 0.191 e. The summed E-state index contributed by atoms with van der Waals surface area (Å²) in [5, 5.41) is 6.67. The maximum absolute atomic E-state index is 5.57. The van der Waals surface area contributed by atoms with Crippen molar-refractivity contribution in [1.82, 2.24) is 15.6 Å². The lowest BCUT2D eigenvalue weighted by Gasteiger charge is -2.32. The maximum Gasteiger partial charge on any atom is 0.191 e. The zero-order valence-electron chi connectivity index (χ0n) is 14.7. The van der Waals surface area contributed by atoms with Crippen LogP contribution < -0.4 is 15.5 Å². The van der Waals surface area contributed by atoms with Crippen molar-refractivity contribution < 1.29 is 4.74 Å². The SMILES string of the molecule is CCC(C)NC(=NC)NCc1ccc(N2CCOC(C)C2)nc1. The van der Waals surface area contributed by atoms with E-state index in [2.05, 4.69) is 58.4 Å². The van der Waals surface area contributed by atoms with Gasteiger partial charge in [0.05, 0.1) is 12.7 Å². The first-order valence-electron chi connectivity index (χ1n) is 8.41. The number of hydrogen-bond donors (Lipinski definition) is 2. The second-order valence-electron chi connectivity index (χ2n) is 6.03. The summed E-state index contributed by atoms with van der Waals surface area (Å²) in [7, 11) is 1.79. The first-order valence-corrected chi connectivity index (χ1v) is 8.41. The van der Waals surface area contributed by atoms with Gasteiger partial charge in [0.1, 0.15) is 5.82 Å². The number of pyridine rings is 1. The molecule has 6 heteroatoms. The number of nitrogens with zero attached hydrogens (tertiary/aromatic N) is 3. The van der Waals surface area contributed by atoms with Gasteiger partial charge in [0.25, 0.3) is 0 Å². The molecule has 2 atom stereocenters. The van der Waals surface area contributed by atoms with E-state index in [0.717, 1.165) is 43.5 Å². The second kappa shape index (κ2) is 8.72. The van der Waals surface area contributed by atoms with Crippen LogP contribution in [0.2, 0.25) is 0 Å². The molecule has 1 saturated heterocycles. The number of aromatic nitrogens is 1. The molecule has 0 amide bonds. The van der Waals surface area contributed by atoms with Crippen LogP contribution in [0, 0.1) is 0 Å². The highest BCUT2D eigenvalue weighted by molar-refractivity contribution is 5.79. The number of aliphatic imine (C=N–C) groups is 1. The Morgan fingerprint density at radius 3 is 2.96 bits per heavy atom. The molecule has 2 unspecified atom stereocenters. The fraction of sp³-hybridized carbons (Fsp3) is 0.647. The lowest BCUT2D eigenvalue weighted by atomic mass is 10.2. The van der Waals surface area contributed by atoms with Crippen LogP contribution in [-0.2, 0) is 11.3 Å². The fourth-order valence-corrected chi connectivity index (χ4v) is 2.45. The van der Waals surface area contributed by atoms with Crippen LogP contribution in [0.3, 0.4) is 0 Å². The number of rotatable bonds is 5. The Morgan fingerprint density at radius 2 is 2.35 bits per heavy atom. The van der Waals surface area contributed by atoms with Gasteiger partial charge in [0.2, 0.25) is 0 Å². The van der Waals surface area contributed by atoms with E-state index in [4.69, 9.17) is 4.74 Å². The van der Waals surface area contributed by atoms with Crippen LogP contribution in [0.5, 0.6) is 0 Å². The van der Waals surface area contributed by atoms with Gasteiger partial charge in [-0.1, -0.05) is 13.0 Å². The summed E-state index contributed by atoms with van der Waals surface area (Å²) in [6.45, 7) is 9.68. The van der Waals surface area contributed by atoms with Crippen LogP contribution >= 0.6 is 0 Å². The molecule has 6 nitrogen and oxygen atoms in total. The van der Waals surface area contributed by atoms with E-state index in [0.29, 0.717) is 12.6 Å². The van der Waals surface area contributed by atoms with Crippen molar-refractivity contribution in [2.45, 2.75) is 45.9 Å². The molecule has 0 aliphatic carbocycles. The largest absolute Gasteiger partial charge is 0.375 e. The van der Waals surface area contributed by atoms with E-state index in [9.17, 15) is 0 Å². The number of morpholine rings is 1. The van der Waals surface area contributed by atoms with Gasteiger partial charge in [-0.05, 0) is 31.9 Å². The molecule has 2 rings (SSSR count). The molecule has 1 aromatic rings. The van der Waals surface area contributed by atoms with E-state index < -0.39 is 0 Å². The molecule has 1 aliphatic heterocycles. The van der Waals surface area contributed by atoms with Crippen molar-refractivity contribution in [3.05, 3.63) is 23.9 Å². The van der Waals surface area contributed by atoms with Gasteiger partial charge in [-0.2, -0.15) is 0 Å². The van der Waals surface area contributed by atoms with Gasteiger partial charge in [0.15, 0.2) is 5.96 Å². The van der Waals surface area contributed by atoms with Gasteiger partial charge in [-0.3, -0.25) is 4.99 Å². The molecule has 1 aliphatic rings. The summed E-state index contributed by atoms with van der Waals surface area (Å²) in [5.41, 5.74) is 1.14. The van der Waals surface area contributed by atoms with Crippen molar-refractivity contribution in [2.24, 2.45) is 4.99 Å². The van der Waals surface area contributed by atoms with E-state index in [-0.39, 0.29) is 6.10 Å². The highest BCUT2D eigenvalue weighted by atomic mass is 16.5. The molecule has 1 aromatic heterocycles. The molecule has 0 saturated carbocycles. The van der Waals surface area contributed by atoms with Crippen molar-refractivity contribution in [1.29, 1.82) is 0 Å². The first-order chi connectivity index (χ1) is 11.1. The third kappa shape index (κ3) is 5.39. The highest BCUT2D eigenvalue weighted by Gasteiger charge is 2.17. The number of guanidine groups is 1. The molecule has 0 spiro atoms. The molecular formula is C17H29N5O. The summed E-state index contributed by atoms with van der Waals surface area (Å²) >= 11 is 0. The second-order valence-corrected chi connectivity index (χ2v) is 6.03. The van der Waals surface area contributed by atoms with Gasteiger partial charge >= 0.3 is 0 Å². The minimum atomic E-state index is 0.266. The molecule has 128 valence electrons. The number of anilines is 1. The van der Waals surface area contributed by atoms with E-state index in [1.165, 1.54) is 0 Å².